The SMILES string of the molecule is CCc1c(-n2nc(-c3cccc4nn(CC(F)c5ccc(C(=O)N(C)C)cc5)cc34)c(C(C)C)c2C)cc2cn(C)nc2[n+]1[O-]. The Balaban J connectivity index is 1.40. The van der Waals surface area contributed by atoms with E-state index in [1.54, 1.807) is 54.8 Å². The summed E-state index contributed by atoms with van der Waals surface area (Å²) >= 11 is 0. The van der Waals surface area contributed by atoms with Crippen LogP contribution in [0.15, 0.2) is 60.9 Å². The number of hydrogen-bond acceptors (Lipinski definition) is 5. The number of rotatable bonds is 8. The minimum atomic E-state index is -1.31. The zero-order valence-corrected chi connectivity index (χ0v) is 26.6. The molecular formula is C34H37FN8O2. The highest BCUT2D eigenvalue weighted by Crippen LogP contribution is 2.37. The van der Waals surface area contributed by atoms with Gasteiger partial charge in [-0.1, -0.05) is 45.0 Å². The highest BCUT2D eigenvalue weighted by Gasteiger charge is 2.26. The van der Waals surface area contributed by atoms with E-state index in [4.69, 9.17) is 10.2 Å². The van der Waals surface area contributed by atoms with E-state index >= 15 is 4.39 Å². The van der Waals surface area contributed by atoms with E-state index in [-0.39, 0.29) is 18.4 Å². The molecule has 0 spiro atoms. The Morgan fingerprint density at radius 1 is 1.07 bits per heavy atom. The lowest BCUT2D eigenvalue weighted by Crippen LogP contribution is -2.34. The zero-order valence-electron chi connectivity index (χ0n) is 26.6. The third-order valence-corrected chi connectivity index (χ3v) is 8.29. The van der Waals surface area contributed by atoms with Crippen LogP contribution < -0.4 is 4.73 Å². The van der Waals surface area contributed by atoms with Gasteiger partial charge in [0.25, 0.3) is 5.91 Å². The van der Waals surface area contributed by atoms with E-state index in [0.717, 1.165) is 49.2 Å². The molecule has 2 aromatic carbocycles. The van der Waals surface area contributed by atoms with Crippen molar-refractivity contribution < 1.29 is 13.9 Å². The zero-order chi connectivity index (χ0) is 32.2. The molecular weight excluding hydrogens is 571 g/mol. The number of aryl methyl sites for hydroxylation is 1. The first-order valence-electron chi connectivity index (χ1n) is 15.1. The second-order valence-corrected chi connectivity index (χ2v) is 12.0. The van der Waals surface area contributed by atoms with Crippen LogP contribution in [0.3, 0.4) is 0 Å². The van der Waals surface area contributed by atoms with Crippen LogP contribution in [0.5, 0.6) is 0 Å². The minimum Gasteiger partial charge on any atom is -0.710 e. The lowest BCUT2D eigenvalue weighted by Gasteiger charge is -2.14. The third kappa shape index (κ3) is 5.22. The third-order valence-electron chi connectivity index (χ3n) is 8.29. The second-order valence-electron chi connectivity index (χ2n) is 12.0. The van der Waals surface area contributed by atoms with E-state index in [1.165, 1.54) is 4.90 Å². The number of fused-ring (bicyclic) bond motifs is 2. The van der Waals surface area contributed by atoms with Crippen LogP contribution >= 0.6 is 0 Å². The molecule has 6 rings (SSSR count). The fourth-order valence-corrected chi connectivity index (χ4v) is 6.12. The molecule has 0 aliphatic rings. The van der Waals surface area contributed by atoms with Crippen LogP contribution in [-0.2, 0) is 20.0 Å². The number of benzene rings is 2. The first-order chi connectivity index (χ1) is 21.5. The van der Waals surface area contributed by atoms with Crippen molar-refractivity contribution in [2.24, 2.45) is 7.05 Å². The lowest BCUT2D eigenvalue weighted by molar-refractivity contribution is -0.587. The number of aromatic nitrogens is 7. The second kappa shape index (κ2) is 11.5. The van der Waals surface area contributed by atoms with E-state index in [1.807, 2.05) is 55.2 Å². The van der Waals surface area contributed by atoms with Gasteiger partial charge in [-0.3, -0.25) is 9.48 Å². The number of carbonyl (C=O) groups is 1. The number of amides is 1. The molecule has 0 saturated carbocycles. The van der Waals surface area contributed by atoms with Gasteiger partial charge in [0.15, 0.2) is 0 Å². The Morgan fingerprint density at radius 3 is 2.47 bits per heavy atom. The summed E-state index contributed by atoms with van der Waals surface area (Å²) in [6.45, 7) is 8.27. The fourth-order valence-electron chi connectivity index (χ4n) is 6.12. The number of hydrogen-bond donors (Lipinski definition) is 0. The van der Waals surface area contributed by atoms with Gasteiger partial charge in [0.05, 0.1) is 41.5 Å². The quantitative estimate of drug-likeness (QED) is 0.160. The first-order valence-corrected chi connectivity index (χ1v) is 15.1. The van der Waals surface area contributed by atoms with Crippen molar-refractivity contribution in [2.45, 2.75) is 52.8 Å². The molecule has 0 aliphatic carbocycles. The van der Waals surface area contributed by atoms with Gasteiger partial charge >= 0.3 is 5.65 Å². The number of alkyl halides is 1. The summed E-state index contributed by atoms with van der Waals surface area (Å²) in [5.41, 5.74) is 7.13. The molecule has 6 aromatic rings. The summed E-state index contributed by atoms with van der Waals surface area (Å²) in [6, 6.07) is 14.4. The Hall–Kier alpha value is -5.06. The molecule has 0 radical (unpaired) electrons. The van der Waals surface area contributed by atoms with Crippen LogP contribution in [0.4, 0.5) is 4.39 Å². The summed E-state index contributed by atoms with van der Waals surface area (Å²) in [4.78, 5) is 13.7. The maximum Gasteiger partial charge on any atom is 0.360 e. The van der Waals surface area contributed by atoms with E-state index in [2.05, 4.69) is 18.9 Å². The van der Waals surface area contributed by atoms with Gasteiger partial charge < -0.3 is 10.1 Å². The molecule has 45 heavy (non-hydrogen) atoms. The van der Waals surface area contributed by atoms with Crippen LogP contribution in [0.1, 0.15) is 65.7 Å². The number of pyridine rings is 1. The van der Waals surface area contributed by atoms with Crippen LogP contribution in [0.2, 0.25) is 0 Å². The van der Waals surface area contributed by atoms with Crippen LogP contribution in [0, 0.1) is 12.1 Å². The largest absolute Gasteiger partial charge is 0.710 e. The van der Waals surface area contributed by atoms with Crippen molar-refractivity contribution in [3.63, 3.8) is 0 Å². The Labute approximate surface area is 260 Å². The number of carbonyl (C=O) groups excluding carboxylic acids is 1. The highest BCUT2D eigenvalue weighted by molar-refractivity contribution is 5.95. The summed E-state index contributed by atoms with van der Waals surface area (Å²) in [5, 5.41) is 29.1. The minimum absolute atomic E-state index is 0.0219. The standard InChI is InChI=1S/C34H37FN8O2/c1-8-29-30(16-24-17-40(7)38-33(24)43(29)45)42-21(4)31(20(2)3)32(37-42)25-10-9-11-28-26(25)18-41(36-28)19-27(35)22-12-14-23(15-13-22)34(44)39(5)6/h9-18,20,27H,8,19H2,1-7H3. The van der Waals surface area contributed by atoms with Crippen molar-refractivity contribution in [2.75, 3.05) is 14.1 Å². The normalized spacial score (nSPS) is 12.5. The van der Waals surface area contributed by atoms with Gasteiger partial charge in [0.2, 0.25) is 0 Å². The van der Waals surface area contributed by atoms with Crippen LogP contribution in [-0.4, -0.2) is 54.2 Å². The Kier molecular flexibility index (Phi) is 7.64. The molecule has 1 unspecified atom stereocenters. The molecule has 0 aliphatic heterocycles. The summed E-state index contributed by atoms with van der Waals surface area (Å²) < 4.78 is 21.5. The molecule has 11 heteroatoms. The van der Waals surface area contributed by atoms with Crippen molar-refractivity contribution in [3.8, 4) is 16.9 Å². The maximum atomic E-state index is 15.5. The van der Waals surface area contributed by atoms with Gasteiger partial charge in [0, 0.05) is 54.5 Å². The van der Waals surface area contributed by atoms with E-state index in [0.29, 0.717) is 28.9 Å². The Bertz CT molecular complexity index is 2050. The van der Waals surface area contributed by atoms with E-state index in [9.17, 15) is 10.0 Å². The van der Waals surface area contributed by atoms with E-state index < -0.39 is 6.17 Å². The molecule has 0 bridgehead atoms. The monoisotopic (exact) mass is 608 g/mol. The predicted molar refractivity (Wildman–Crippen MR) is 172 cm³/mol. The predicted octanol–water partition coefficient (Wildman–Crippen LogP) is 5.82. The molecule has 4 heterocycles. The van der Waals surface area contributed by atoms with Crippen molar-refractivity contribution in [1.82, 2.24) is 34.2 Å². The molecule has 1 atom stereocenters. The smallest absolute Gasteiger partial charge is 0.360 e. The van der Waals surface area contributed by atoms with Crippen molar-refractivity contribution >= 4 is 27.8 Å². The number of halogens is 1. The summed E-state index contributed by atoms with van der Waals surface area (Å²) in [5.74, 6) is 0.0141. The highest BCUT2D eigenvalue weighted by atomic mass is 19.1. The molecule has 0 saturated heterocycles. The van der Waals surface area contributed by atoms with Gasteiger partial charge in [-0.15, -0.1) is 0 Å². The average Bonchev–Trinajstić information content (AvgIpc) is 3.70. The molecule has 10 nitrogen and oxygen atoms in total. The Morgan fingerprint density at radius 2 is 1.80 bits per heavy atom. The van der Waals surface area contributed by atoms with Crippen molar-refractivity contribution in [3.05, 3.63) is 94.2 Å². The average molecular weight is 609 g/mol. The molecule has 1 amide bonds. The summed E-state index contributed by atoms with van der Waals surface area (Å²) in [7, 11) is 5.17. The first kappa shape index (κ1) is 30.0. The van der Waals surface area contributed by atoms with Crippen LogP contribution in [0.25, 0.3) is 38.9 Å². The molecule has 0 N–H and O–H groups in total. The molecule has 232 valence electrons. The number of nitrogens with zero attached hydrogens (tertiary/aromatic N) is 8. The maximum absolute atomic E-state index is 15.5. The lowest BCUT2D eigenvalue weighted by atomic mass is 9.95. The van der Waals surface area contributed by atoms with Gasteiger partial charge in [0.1, 0.15) is 17.6 Å². The van der Waals surface area contributed by atoms with Crippen molar-refractivity contribution in [1.29, 1.82) is 0 Å². The van der Waals surface area contributed by atoms with Gasteiger partial charge in [-0.2, -0.15) is 14.9 Å². The summed E-state index contributed by atoms with van der Waals surface area (Å²) in [6.07, 6.45) is 2.90. The topological polar surface area (TPSA) is 101 Å². The van der Waals surface area contributed by atoms with Gasteiger partial charge in [-0.05, 0) is 42.7 Å². The molecule has 4 aromatic heterocycles. The molecule has 0 fully saturated rings. The van der Waals surface area contributed by atoms with Gasteiger partial charge in [-0.25, -0.2) is 13.8 Å². The fraction of sp³-hybridized carbons (Fsp3) is 0.324.